The van der Waals surface area contributed by atoms with Crippen molar-refractivity contribution in [3.63, 3.8) is 0 Å². The van der Waals surface area contributed by atoms with Crippen LogP contribution in [-0.4, -0.2) is 39.0 Å². The van der Waals surface area contributed by atoms with E-state index in [1.807, 2.05) is 41.8 Å². The maximum absolute atomic E-state index is 12.9. The average Bonchev–Trinajstić information content (AvgIpc) is 3.47. The molecule has 0 aliphatic heterocycles. The van der Waals surface area contributed by atoms with E-state index in [1.54, 1.807) is 11.6 Å². The third-order valence-corrected chi connectivity index (χ3v) is 7.65. The minimum atomic E-state index is -0.305. The van der Waals surface area contributed by atoms with Crippen LogP contribution in [0.2, 0.25) is 0 Å². The third-order valence-electron chi connectivity index (χ3n) is 5.58. The van der Waals surface area contributed by atoms with E-state index in [4.69, 9.17) is 9.84 Å². The lowest BCUT2D eigenvalue weighted by Gasteiger charge is -2.08. The summed E-state index contributed by atoms with van der Waals surface area (Å²) in [6.45, 7) is 8.37. The summed E-state index contributed by atoms with van der Waals surface area (Å²) in [7, 11) is 0. The smallest absolute Gasteiger partial charge is 0.311 e. The Morgan fingerprint density at radius 3 is 2.56 bits per heavy atom. The molecule has 2 heterocycles. The van der Waals surface area contributed by atoms with Crippen molar-refractivity contribution in [3.8, 4) is 16.9 Å². The molecule has 0 spiro atoms. The van der Waals surface area contributed by atoms with E-state index in [2.05, 4.69) is 43.2 Å². The summed E-state index contributed by atoms with van der Waals surface area (Å²) >= 11 is 2.74. The monoisotopic (exact) mass is 520 g/mol. The van der Waals surface area contributed by atoms with Gasteiger partial charge in [-0.2, -0.15) is 5.10 Å². The number of carbonyl (C=O) groups excluding carboxylic acids is 2. The van der Waals surface area contributed by atoms with Gasteiger partial charge in [0.2, 0.25) is 5.91 Å². The molecule has 0 radical (unpaired) electrons. The molecule has 1 amide bonds. The molecule has 0 unspecified atom stereocenters. The number of benzene rings is 2. The van der Waals surface area contributed by atoms with Gasteiger partial charge in [0, 0.05) is 17.0 Å². The Labute approximate surface area is 218 Å². The number of carbonyl (C=O) groups is 2. The summed E-state index contributed by atoms with van der Waals surface area (Å²) in [5, 5.41) is 9.67. The molecule has 2 aromatic heterocycles. The Bertz CT molecular complexity index is 1380. The first kappa shape index (κ1) is 25.7. The van der Waals surface area contributed by atoms with Crippen molar-refractivity contribution in [3.05, 3.63) is 76.3 Å². The van der Waals surface area contributed by atoms with Gasteiger partial charge in [0.1, 0.15) is 5.82 Å². The van der Waals surface area contributed by atoms with Gasteiger partial charge in [0.25, 0.3) is 0 Å². The van der Waals surface area contributed by atoms with Gasteiger partial charge in [0.15, 0.2) is 4.34 Å². The first-order chi connectivity index (χ1) is 17.3. The summed E-state index contributed by atoms with van der Waals surface area (Å²) < 4.78 is 7.45. The number of ether oxygens (including phenoxy) is 1. The number of rotatable bonds is 9. The zero-order valence-corrected chi connectivity index (χ0v) is 22.3. The topological polar surface area (TPSA) is 86.1 Å². The van der Waals surface area contributed by atoms with Crippen molar-refractivity contribution in [2.45, 2.75) is 38.5 Å². The summed E-state index contributed by atoms with van der Waals surface area (Å²) in [5.74, 6) is 0.315. The molecule has 9 heteroatoms. The van der Waals surface area contributed by atoms with E-state index >= 15 is 0 Å². The molecule has 0 aliphatic carbocycles. The molecule has 4 rings (SSSR count). The van der Waals surface area contributed by atoms with Gasteiger partial charge in [-0.3, -0.25) is 9.59 Å². The SMILES string of the molecule is CCOC(=O)Cc1csc(SCC(=O)Nc2cc(-c3cc(C)c(C)cc3C)nn2-c2ccccc2)n1. The second-order valence-electron chi connectivity index (χ2n) is 8.34. The number of esters is 1. The number of amides is 1. The summed E-state index contributed by atoms with van der Waals surface area (Å²) in [5.41, 5.74) is 6.90. The molecule has 0 bridgehead atoms. The van der Waals surface area contributed by atoms with Crippen LogP contribution in [0.15, 0.2) is 58.3 Å². The second-order valence-corrected chi connectivity index (χ2v) is 10.4. The summed E-state index contributed by atoms with van der Waals surface area (Å²) in [6.07, 6.45) is 0.133. The highest BCUT2D eigenvalue weighted by Crippen LogP contribution is 2.30. The molecular weight excluding hydrogens is 492 g/mol. The number of para-hydroxylation sites is 1. The zero-order chi connectivity index (χ0) is 25.7. The number of hydrogen-bond acceptors (Lipinski definition) is 7. The summed E-state index contributed by atoms with van der Waals surface area (Å²) in [4.78, 5) is 29.0. The molecule has 0 fully saturated rings. The van der Waals surface area contributed by atoms with Gasteiger partial charge in [-0.1, -0.05) is 36.0 Å². The molecule has 36 heavy (non-hydrogen) atoms. The van der Waals surface area contributed by atoms with Crippen LogP contribution < -0.4 is 5.32 Å². The van der Waals surface area contributed by atoms with Crippen molar-refractivity contribution < 1.29 is 14.3 Å². The number of nitrogens with one attached hydrogen (secondary N) is 1. The van der Waals surface area contributed by atoms with E-state index in [1.165, 1.54) is 34.2 Å². The minimum Gasteiger partial charge on any atom is -0.466 e. The lowest BCUT2D eigenvalue weighted by atomic mass is 9.99. The van der Waals surface area contributed by atoms with E-state index in [9.17, 15) is 9.59 Å². The van der Waals surface area contributed by atoms with Crippen LogP contribution in [0, 0.1) is 20.8 Å². The van der Waals surface area contributed by atoms with Gasteiger partial charge >= 0.3 is 5.97 Å². The first-order valence-electron chi connectivity index (χ1n) is 11.6. The van der Waals surface area contributed by atoms with Crippen molar-refractivity contribution in [2.75, 3.05) is 17.7 Å². The van der Waals surface area contributed by atoms with Gasteiger partial charge in [-0.05, 0) is 62.6 Å². The predicted octanol–water partition coefficient (Wildman–Crippen LogP) is 5.76. The molecule has 1 N–H and O–H groups in total. The average molecular weight is 521 g/mol. The van der Waals surface area contributed by atoms with Crippen molar-refractivity contribution in [1.82, 2.24) is 14.8 Å². The minimum absolute atomic E-state index is 0.133. The van der Waals surface area contributed by atoms with Crippen LogP contribution in [0.25, 0.3) is 16.9 Å². The van der Waals surface area contributed by atoms with E-state index < -0.39 is 0 Å². The van der Waals surface area contributed by atoms with Crippen molar-refractivity contribution >= 4 is 40.8 Å². The Balaban J connectivity index is 1.51. The standard InChI is InChI=1S/C27H28N4O3S2/c1-5-34-26(33)13-20-15-35-27(28-20)36-16-25(32)29-24-14-23(22-12-18(3)17(2)11-19(22)4)30-31(24)21-9-7-6-8-10-21/h6-12,14-15H,5,13,16H2,1-4H3,(H,29,32). The Morgan fingerprint density at radius 2 is 1.81 bits per heavy atom. The Kier molecular flexibility index (Phi) is 8.22. The Morgan fingerprint density at radius 1 is 1.06 bits per heavy atom. The van der Waals surface area contributed by atoms with Crippen molar-refractivity contribution in [1.29, 1.82) is 0 Å². The highest BCUT2D eigenvalue weighted by Gasteiger charge is 2.17. The number of hydrogen-bond donors (Lipinski definition) is 1. The van der Waals surface area contributed by atoms with E-state index in [0.29, 0.717) is 18.1 Å². The zero-order valence-electron chi connectivity index (χ0n) is 20.7. The molecule has 0 atom stereocenters. The van der Waals surface area contributed by atoms with Gasteiger partial charge in [0.05, 0.1) is 35.9 Å². The van der Waals surface area contributed by atoms with Crippen LogP contribution in [0.1, 0.15) is 29.3 Å². The molecule has 0 aliphatic rings. The number of aryl methyl sites for hydroxylation is 3. The number of aromatic nitrogens is 3. The fourth-order valence-electron chi connectivity index (χ4n) is 3.71. The van der Waals surface area contributed by atoms with E-state index in [-0.39, 0.29) is 24.1 Å². The number of thiazole rings is 1. The van der Waals surface area contributed by atoms with Crippen LogP contribution in [0.5, 0.6) is 0 Å². The maximum Gasteiger partial charge on any atom is 0.311 e. The van der Waals surface area contributed by atoms with Gasteiger partial charge < -0.3 is 10.1 Å². The first-order valence-corrected chi connectivity index (χ1v) is 13.5. The molecule has 0 saturated heterocycles. The summed E-state index contributed by atoms with van der Waals surface area (Å²) in [6, 6.07) is 15.9. The Hall–Kier alpha value is -3.43. The van der Waals surface area contributed by atoms with Crippen LogP contribution in [0.3, 0.4) is 0 Å². The fraction of sp³-hybridized carbons (Fsp3) is 0.259. The van der Waals surface area contributed by atoms with Crippen LogP contribution in [0.4, 0.5) is 5.82 Å². The normalized spacial score (nSPS) is 10.9. The number of nitrogens with zero attached hydrogens (tertiary/aromatic N) is 3. The number of thioether (sulfide) groups is 1. The van der Waals surface area contributed by atoms with Crippen LogP contribution >= 0.6 is 23.1 Å². The lowest BCUT2D eigenvalue weighted by Crippen LogP contribution is -2.16. The van der Waals surface area contributed by atoms with Gasteiger partial charge in [-0.15, -0.1) is 11.3 Å². The predicted molar refractivity (Wildman–Crippen MR) is 145 cm³/mol. The highest BCUT2D eigenvalue weighted by molar-refractivity contribution is 8.01. The third kappa shape index (κ3) is 6.22. The number of anilines is 1. The van der Waals surface area contributed by atoms with Gasteiger partial charge in [-0.25, -0.2) is 9.67 Å². The molecule has 2 aromatic carbocycles. The lowest BCUT2D eigenvalue weighted by molar-refractivity contribution is -0.142. The second kappa shape index (κ2) is 11.5. The maximum atomic E-state index is 12.9. The fourth-order valence-corrected chi connectivity index (χ4v) is 5.35. The molecular formula is C27H28N4O3S2. The largest absolute Gasteiger partial charge is 0.466 e. The molecule has 186 valence electrons. The highest BCUT2D eigenvalue weighted by atomic mass is 32.2. The molecule has 0 saturated carbocycles. The quantitative estimate of drug-likeness (QED) is 0.223. The van der Waals surface area contributed by atoms with Crippen LogP contribution in [-0.2, 0) is 20.7 Å². The molecule has 4 aromatic rings. The van der Waals surface area contributed by atoms with E-state index in [0.717, 1.165) is 26.8 Å². The van der Waals surface area contributed by atoms with Crippen molar-refractivity contribution in [2.24, 2.45) is 0 Å². The molecule has 7 nitrogen and oxygen atoms in total.